The summed E-state index contributed by atoms with van der Waals surface area (Å²) < 4.78 is 0. The molecular weight excluding hydrogens is 200 g/mol. The zero-order valence-corrected chi connectivity index (χ0v) is 10.5. The van der Waals surface area contributed by atoms with E-state index in [1.54, 1.807) is 0 Å². The molecule has 1 aliphatic heterocycles. The van der Waals surface area contributed by atoms with Crippen LogP contribution in [-0.2, 0) is 4.79 Å². The molecule has 2 atom stereocenters. The molecule has 0 radical (unpaired) electrons. The topological polar surface area (TPSA) is 32.3 Å². The minimum atomic E-state index is 0.0851. The van der Waals surface area contributed by atoms with Crippen LogP contribution in [0, 0.1) is 5.92 Å². The number of likely N-dealkylation sites (N-methyl/N-ethyl adjacent to an activating group) is 1. The van der Waals surface area contributed by atoms with E-state index < -0.39 is 0 Å². The van der Waals surface area contributed by atoms with Gasteiger partial charge in [-0.3, -0.25) is 4.79 Å². The van der Waals surface area contributed by atoms with Crippen LogP contribution in [-0.4, -0.2) is 36.5 Å². The molecule has 0 aromatic heterocycles. The molecule has 92 valence electrons. The zero-order chi connectivity index (χ0) is 11.5. The molecule has 0 bridgehead atoms. The van der Waals surface area contributed by atoms with Gasteiger partial charge < -0.3 is 10.2 Å². The largest absolute Gasteiger partial charge is 0.344 e. The quantitative estimate of drug-likeness (QED) is 0.792. The van der Waals surface area contributed by atoms with Crippen molar-refractivity contribution in [2.45, 2.75) is 57.5 Å². The van der Waals surface area contributed by atoms with Gasteiger partial charge in [-0.2, -0.15) is 0 Å². The Balaban J connectivity index is 1.82. The molecule has 1 amide bonds. The van der Waals surface area contributed by atoms with Crippen LogP contribution in [0.2, 0.25) is 0 Å². The van der Waals surface area contributed by atoms with Crippen molar-refractivity contribution in [3.63, 3.8) is 0 Å². The highest BCUT2D eigenvalue weighted by Gasteiger charge is 2.31. The second-order valence-corrected chi connectivity index (χ2v) is 5.45. The van der Waals surface area contributed by atoms with E-state index in [1.807, 2.05) is 11.9 Å². The maximum Gasteiger partial charge on any atom is 0.239 e. The van der Waals surface area contributed by atoms with E-state index in [0.717, 1.165) is 18.9 Å². The summed E-state index contributed by atoms with van der Waals surface area (Å²) in [5, 5.41) is 3.54. The smallest absolute Gasteiger partial charge is 0.239 e. The summed E-state index contributed by atoms with van der Waals surface area (Å²) in [5.41, 5.74) is 0. The average Bonchev–Trinajstić information content (AvgIpc) is 2.62. The lowest BCUT2D eigenvalue weighted by Gasteiger charge is -2.30. The summed E-state index contributed by atoms with van der Waals surface area (Å²) in [6.07, 6.45) is 7.79. The van der Waals surface area contributed by atoms with Gasteiger partial charge in [-0.25, -0.2) is 0 Å². The first-order valence-electron chi connectivity index (χ1n) is 6.69. The molecule has 1 unspecified atom stereocenters. The van der Waals surface area contributed by atoms with Gasteiger partial charge in [-0.05, 0) is 32.1 Å². The fourth-order valence-corrected chi connectivity index (χ4v) is 3.06. The van der Waals surface area contributed by atoms with Crippen LogP contribution >= 0.6 is 0 Å². The number of amides is 1. The van der Waals surface area contributed by atoms with Crippen LogP contribution in [0.4, 0.5) is 0 Å². The molecule has 3 nitrogen and oxygen atoms in total. The lowest BCUT2D eigenvalue weighted by atomic mass is 9.84. The predicted molar refractivity (Wildman–Crippen MR) is 65.2 cm³/mol. The first-order chi connectivity index (χ1) is 7.68. The molecule has 1 aliphatic carbocycles. The van der Waals surface area contributed by atoms with Crippen molar-refractivity contribution in [2.75, 3.05) is 13.6 Å². The number of carbonyl (C=O) groups is 1. The Labute approximate surface area is 98.6 Å². The van der Waals surface area contributed by atoms with Gasteiger partial charge in [0, 0.05) is 19.6 Å². The summed E-state index contributed by atoms with van der Waals surface area (Å²) in [4.78, 5) is 13.6. The van der Waals surface area contributed by atoms with E-state index in [0.29, 0.717) is 6.04 Å². The van der Waals surface area contributed by atoms with Crippen LogP contribution < -0.4 is 5.32 Å². The van der Waals surface area contributed by atoms with Gasteiger partial charge in [0.25, 0.3) is 0 Å². The third kappa shape index (κ3) is 2.57. The minimum Gasteiger partial charge on any atom is -0.344 e. The Bertz CT molecular complexity index is 248. The van der Waals surface area contributed by atoms with Crippen molar-refractivity contribution < 1.29 is 4.79 Å². The summed E-state index contributed by atoms with van der Waals surface area (Å²) >= 11 is 0. The van der Waals surface area contributed by atoms with Crippen molar-refractivity contribution in [2.24, 2.45) is 5.92 Å². The van der Waals surface area contributed by atoms with Gasteiger partial charge >= 0.3 is 0 Å². The third-order valence-corrected chi connectivity index (χ3v) is 4.25. The zero-order valence-electron chi connectivity index (χ0n) is 10.5. The summed E-state index contributed by atoms with van der Waals surface area (Å²) in [6.45, 7) is 3.16. The Morgan fingerprint density at radius 3 is 2.50 bits per heavy atom. The highest BCUT2D eigenvalue weighted by Crippen LogP contribution is 2.27. The lowest BCUT2D eigenvalue weighted by molar-refractivity contribution is -0.128. The van der Waals surface area contributed by atoms with E-state index in [4.69, 9.17) is 0 Å². The number of nitrogens with zero attached hydrogens (tertiary/aromatic N) is 1. The molecule has 16 heavy (non-hydrogen) atoms. The number of rotatable bonds is 3. The fraction of sp³-hybridized carbons (Fsp3) is 0.923. The van der Waals surface area contributed by atoms with Gasteiger partial charge in [0.05, 0.1) is 6.04 Å². The molecule has 1 heterocycles. The number of hydrogen-bond donors (Lipinski definition) is 1. The Hall–Kier alpha value is -0.570. The van der Waals surface area contributed by atoms with E-state index in [2.05, 4.69) is 12.2 Å². The first-order valence-corrected chi connectivity index (χ1v) is 6.69. The lowest BCUT2D eigenvalue weighted by Crippen LogP contribution is -2.45. The van der Waals surface area contributed by atoms with Gasteiger partial charge in [0.1, 0.15) is 0 Å². The first kappa shape index (κ1) is 11.9. The molecule has 1 saturated heterocycles. The number of likely N-dealkylation sites (tertiary alicyclic amines) is 1. The second kappa shape index (κ2) is 5.17. The van der Waals surface area contributed by atoms with Crippen molar-refractivity contribution in [3.05, 3.63) is 0 Å². The molecule has 2 rings (SSSR count). The number of nitrogens with one attached hydrogen (secondary N) is 1. The maximum atomic E-state index is 11.8. The van der Waals surface area contributed by atoms with Crippen LogP contribution in [0.15, 0.2) is 0 Å². The van der Waals surface area contributed by atoms with E-state index in [9.17, 15) is 4.79 Å². The summed E-state index contributed by atoms with van der Waals surface area (Å²) in [5.74, 6) is 1.06. The second-order valence-electron chi connectivity index (χ2n) is 5.45. The minimum absolute atomic E-state index is 0.0851. The van der Waals surface area contributed by atoms with Crippen molar-refractivity contribution in [1.82, 2.24) is 10.2 Å². The van der Waals surface area contributed by atoms with Gasteiger partial charge in [-0.1, -0.05) is 19.3 Å². The van der Waals surface area contributed by atoms with Crippen LogP contribution in [0.3, 0.4) is 0 Å². The van der Waals surface area contributed by atoms with E-state index in [-0.39, 0.29) is 11.9 Å². The van der Waals surface area contributed by atoms with Gasteiger partial charge in [0.2, 0.25) is 5.91 Å². The molecule has 0 aromatic rings. The molecule has 2 fully saturated rings. The van der Waals surface area contributed by atoms with Crippen molar-refractivity contribution in [3.8, 4) is 0 Å². The van der Waals surface area contributed by atoms with Crippen LogP contribution in [0.5, 0.6) is 0 Å². The van der Waals surface area contributed by atoms with E-state index in [1.165, 1.54) is 32.1 Å². The number of carbonyl (C=O) groups excluding carboxylic acids is 1. The fourth-order valence-electron chi connectivity index (χ4n) is 3.06. The third-order valence-electron chi connectivity index (χ3n) is 4.25. The SMILES string of the molecule is C[C@@H](NC1CCN(C)C1=O)C1CCCCC1. The molecular formula is C13H24N2O. The standard InChI is InChI=1S/C13H24N2O/c1-10(11-6-4-3-5-7-11)14-12-8-9-15(2)13(12)16/h10-12,14H,3-9H2,1-2H3/t10-,12?/m1/s1. The molecule has 1 N–H and O–H groups in total. The molecule has 3 heteroatoms. The van der Waals surface area contributed by atoms with Crippen LogP contribution in [0.25, 0.3) is 0 Å². The Morgan fingerprint density at radius 2 is 1.94 bits per heavy atom. The highest BCUT2D eigenvalue weighted by molar-refractivity contribution is 5.83. The molecule has 2 aliphatic rings. The van der Waals surface area contributed by atoms with Gasteiger partial charge in [0.15, 0.2) is 0 Å². The molecule has 1 saturated carbocycles. The summed E-state index contributed by atoms with van der Waals surface area (Å²) in [6, 6.07) is 0.586. The van der Waals surface area contributed by atoms with Crippen molar-refractivity contribution >= 4 is 5.91 Å². The predicted octanol–water partition coefficient (Wildman–Crippen LogP) is 1.78. The molecule has 0 aromatic carbocycles. The number of hydrogen-bond acceptors (Lipinski definition) is 2. The normalized spacial score (nSPS) is 29.8. The van der Waals surface area contributed by atoms with Gasteiger partial charge in [-0.15, -0.1) is 0 Å². The van der Waals surface area contributed by atoms with Crippen molar-refractivity contribution in [1.29, 1.82) is 0 Å². The highest BCUT2D eigenvalue weighted by atomic mass is 16.2. The van der Waals surface area contributed by atoms with E-state index >= 15 is 0 Å². The Morgan fingerprint density at radius 1 is 1.25 bits per heavy atom. The molecule has 0 spiro atoms. The van der Waals surface area contributed by atoms with Crippen LogP contribution in [0.1, 0.15) is 45.4 Å². The Kier molecular flexibility index (Phi) is 3.85. The maximum absolute atomic E-state index is 11.8. The monoisotopic (exact) mass is 224 g/mol. The summed E-state index contributed by atoms with van der Waals surface area (Å²) in [7, 11) is 1.90. The average molecular weight is 224 g/mol.